The van der Waals surface area contributed by atoms with Crippen LogP contribution in [0.1, 0.15) is 64.7 Å². The lowest BCUT2D eigenvalue weighted by atomic mass is 9.89. The zero-order valence-electron chi connectivity index (χ0n) is 16.2. The Balaban J connectivity index is 2.44. The summed E-state index contributed by atoms with van der Waals surface area (Å²) >= 11 is 0. The van der Waals surface area contributed by atoms with Gasteiger partial charge in [-0.1, -0.05) is 50.5 Å². The molecule has 3 N–H and O–H groups in total. The largest absolute Gasteiger partial charge is 0.469 e. The molecular weight excluding hydrogens is 332 g/mol. The summed E-state index contributed by atoms with van der Waals surface area (Å²) in [5.41, 5.74) is 0. The van der Waals surface area contributed by atoms with Gasteiger partial charge >= 0.3 is 5.97 Å². The van der Waals surface area contributed by atoms with Crippen molar-refractivity contribution in [1.82, 2.24) is 0 Å². The third-order valence-electron chi connectivity index (χ3n) is 5.13. The molecule has 0 aromatic rings. The van der Waals surface area contributed by atoms with Gasteiger partial charge in [-0.3, -0.25) is 4.79 Å². The average Bonchev–Trinajstić information content (AvgIpc) is 2.89. The molecular formula is C21H36O5. The van der Waals surface area contributed by atoms with Crippen LogP contribution in [-0.4, -0.2) is 46.7 Å². The fourth-order valence-electron chi connectivity index (χ4n) is 3.50. The van der Waals surface area contributed by atoms with Crippen molar-refractivity contribution in [1.29, 1.82) is 0 Å². The first-order valence-electron chi connectivity index (χ1n) is 9.93. The summed E-state index contributed by atoms with van der Waals surface area (Å²) in [4.78, 5) is 11.1. The predicted octanol–water partition coefficient (Wildman–Crippen LogP) is 3.13. The number of allylic oxidation sites excluding steroid dienone is 2. The van der Waals surface area contributed by atoms with Gasteiger partial charge in [0.2, 0.25) is 0 Å². The molecule has 0 amide bonds. The highest BCUT2D eigenvalue weighted by atomic mass is 16.5. The zero-order chi connectivity index (χ0) is 19.4. The lowest BCUT2D eigenvalue weighted by Crippen LogP contribution is -2.20. The van der Waals surface area contributed by atoms with Gasteiger partial charge < -0.3 is 20.1 Å². The molecule has 5 nitrogen and oxygen atoms in total. The van der Waals surface area contributed by atoms with E-state index in [1.165, 1.54) is 7.11 Å². The summed E-state index contributed by atoms with van der Waals surface area (Å²) in [6.45, 7) is 2.13. The molecule has 1 aliphatic rings. The van der Waals surface area contributed by atoms with Crippen molar-refractivity contribution in [3.63, 3.8) is 0 Å². The maximum absolute atomic E-state index is 11.1. The second-order valence-electron chi connectivity index (χ2n) is 7.24. The van der Waals surface area contributed by atoms with E-state index in [0.29, 0.717) is 19.3 Å². The van der Waals surface area contributed by atoms with Crippen molar-refractivity contribution in [3.05, 3.63) is 24.3 Å². The lowest BCUT2D eigenvalue weighted by Gasteiger charge is -2.19. The number of unbranched alkanes of at least 4 members (excludes halogenated alkanes) is 3. The minimum absolute atomic E-state index is 0.0408. The molecule has 0 aliphatic heterocycles. The van der Waals surface area contributed by atoms with Crippen molar-refractivity contribution in [2.45, 2.75) is 83.0 Å². The summed E-state index contributed by atoms with van der Waals surface area (Å²) in [5.74, 6) is -0.373. The molecule has 1 rings (SSSR count). The van der Waals surface area contributed by atoms with Crippen LogP contribution in [0.4, 0.5) is 0 Å². The van der Waals surface area contributed by atoms with Crippen LogP contribution < -0.4 is 0 Å². The fourth-order valence-corrected chi connectivity index (χ4v) is 3.50. The normalized spacial score (nSPS) is 27.4. The van der Waals surface area contributed by atoms with E-state index in [4.69, 9.17) is 0 Å². The molecule has 5 atom stereocenters. The summed E-state index contributed by atoms with van der Waals surface area (Å²) < 4.78 is 4.60. The number of carbonyl (C=O) groups excluding carboxylic acids is 1. The molecule has 1 fully saturated rings. The third-order valence-corrected chi connectivity index (χ3v) is 5.13. The Hall–Kier alpha value is -1.17. The standard InChI is InChI=1S/C21H36O5/c1-3-4-7-10-16(22)13-14-18-17(19(23)15-20(18)24)11-8-5-6-9-12-21(25)26-2/h5,8,13-14,16-20,22-24H,3-4,6-7,9-12,15H2,1-2H3/b8-5-,14-13+/t16-,17-,18-,19+,20-/m1/s1. The number of esters is 1. The van der Waals surface area contributed by atoms with E-state index in [0.717, 1.165) is 38.5 Å². The van der Waals surface area contributed by atoms with Crippen molar-refractivity contribution >= 4 is 5.97 Å². The third kappa shape index (κ3) is 8.47. The summed E-state index contributed by atoms with van der Waals surface area (Å²) in [6, 6.07) is 0. The van der Waals surface area contributed by atoms with Crippen LogP contribution in [0.3, 0.4) is 0 Å². The van der Waals surface area contributed by atoms with E-state index in [9.17, 15) is 20.1 Å². The van der Waals surface area contributed by atoms with Crippen LogP contribution in [-0.2, 0) is 9.53 Å². The molecule has 5 heteroatoms. The van der Waals surface area contributed by atoms with E-state index >= 15 is 0 Å². The highest BCUT2D eigenvalue weighted by molar-refractivity contribution is 5.69. The van der Waals surface area contributed by atoms with Crippen molar-refractivity contribution in [3.8, 4) is 0 Å². The van der Waals surface area contributed by atoms with Crippen molar-refractivity contribution in [2.75, 3.05) is 7.11 Å². The van der Waals surface area contributed by atoms with Gasteiger partial charge in [0, 0.05) is 18.8 Å². The van der Waals surface area contributed by atoms with Crippen molar-refractivity contribution < 1.29 is 24.9 Å². The molecule has 1 aliphatic carbocycles. The van der Waals surface area contributed by atoms with Crippen molar-refractivity contribution in [2.24, 2.45) is 11.8 Å². The van der Waals surface area contributed by atoms with Crippen LogP contribution in [0.15, 0.2) is 24.3 Å². The van der Waals surface area contributed by atoms with E-state index in [1.807, 2.05) is 18.2 Å². The smallest absolute Gasteiger partial charge is 0.305 e. The van der Waals surface area contributed by atoms with Gasteiger partial charge in [0.25, 0.3) is 0 Å². The molecule has 1 saturated carbocycles. The Labute approximate surface area is 157 Å². The molecule has 0 spiro atoms. The minimum atomic E-state index is -0.568. The Morgan fingerprint density at radius 3 is 2.65 bits per heavy atom. The Morgan fingerprint density at radius 1 is 1.19 bits per heavy atom. The summed E-state index contributed by atoms with van der Waals surface area (Å²) in [5, 5.41) is 30.5. The number of carbonyl (C=O) groups is 1. The lowest BCUT2D eigenvalue weighted by molar-refractivity contribution is -0.140. The average molecular weight is 369 g/mol. The first-order chi connectivity index (χ1) is 12.5. The van der Waals surface area contributed by atoms with Crippen LogP contribution in [0.2, 0.25) is 0 Å². The monoisotopic (exact) mass is 368 g/mol. The molecule has 0 unspecified atom stereocenters. The quantitative estimate of drug-likeness (QED) is 0.280. The van der Waals surface area contributed by atoms with Gasteiger partial charge in [0.15, 0.2) is 0 Å². The number of hydrogen-bond acceptors (Lipinski definition) is 5. The van der Waals surface area contributed by atoms with Gasteiger partial charge in [-0.2, -0.15) is 0 Å². The SMILES string of the molecule is CCCCC[C@@H](O)/C=C/[C@@H]1[C@@H](C/C=C\CCCC(=O)OC)[C@@H](O)C[C@H]1O. The first-order valence-corrected chi connectivity index (χ1v) is 9.93. The number of hydrogen-bond donors (Lipinski definition) is 3. The first kappa shape index (κ1) is 22.9. The molecule has 150 valence electrons. The summed E-state index contributed by atoms with van der Waals surface area (Å²) in [6.07, 6.45) is 13.1. The number of aliphatic hydroxyl groups is 3. The second-order valence-corrected chi connectivity index (χ2v) is 7.24. The Kier molecular flexibility index (Phi) is 11.5. The predicted molar refractivity (Wildman–Crippen MR) is 103 cm³/mol. The van der Waals surface area contributed by atoms with Gasteiger partial charge in [-0.05, 0) is 31.6 Å². The number of rotatable bonds is 12. The highest BCUT2D eigenvalue weighted by Gasteiger charge is 2.39. The molecule has 26 heavy (non-hydrogen) atoms. The van der Waals surface area contributed by atoms with Crippen LogP contribution in [0.25, 0.3) is 0 Å². The molecule has 0 radical (unpaired) electrons. The number of aliphatic hydroxyl groups excluding tert-OH is 3. The zero-order valence-corrected chi connectivity index (χ0v) is 16.2. The molecule has 0 saturated heterocycles. The number of methoxy groups -OCH3 is 1. The minimum Gasteiger partial charge on any atom is -0.469 e. The van der Waals surface area contributed by atoms with Gasteiger partial charge in [-0.15, -0.1) is 0 Å². The van der Waals surface area contributed by atoms with Crippen LogP contribution in [0.5, 0.6) is 0 Å². The van der Waals surface area contributed by atoms with E-state index in [-0.39, 0.29) is 17.8 Å². The molecule has 0 aromatic carbocycles. The Bertz CT molecular complexity index is 446. The molecule has 0 heterocycles. The summed E-state index contributed by atoms with van der Waals surface area (Å²) in [7, 11) is 1.39. The van der Waals surface area contributed by atoms with E-state index in [1.54, 1.807) is 6.08 Å². The molecule has 0 aromatic heterocycles. The van der Waals surface area contributed by atoms with Gasteiger partial charge in [0.05, 0.1) is 25.4 Å². The fraction of sp³-hybridized carbons (Fsp3) is 0.762. The van der Waals surface area contributed by atoms with Crippen LogP contribution >= 0.6 is 0 Å². The van der Waals surface area contributed by atoms with Crippen LogP contribution in [0, 0.1) is 11.8 Å². The topological polar surface area (TPSA) is 87.0 Å². The maximum Gasteiger partial charge on any atom is 0.305 e. The number of ether oxygens (including phenoxy) is 1. The second kappa shape index (κ2) is 13.1. The highest BCUT2D eigenvalue weighted by Crippen LogP contribution is 2.36. The maximum atomic E-state index is 11.1. The van der Waals surface area contributed by atoms with Gasteiger partial charge in [0.1, 0.15) is 0 Å². The Morgan fingerprint density at radius 2 is 1.96 bits per heavy atom. The molecule has 0 bridgehead atoms. The van der Waals surface area contributed by atoms with E-state index in [2.05, 4.69) is 11.7 Å². The van der Waals surface area contributed by atoms with E-state index < -0.39 is 18.3 Å². The van der Waals surface area contributed by atoms with Gasteiger partial charge in [-0.25, -0.2) is 0 Å².